The number of rotatable bonds is 7. The largest absolute Gasteiger partial charge is 0.383 e. The first-order valence-electron chi connectivity index (χ1n) is 6.64. The van der Waals surface area contributed by atoms with Crippen molar-refractivity contribution in [3.05, 3.63) is 41.7 Å². The molecule has 1 aromatic carbocycles. The van der Waals surface area contributed by atoms with Crippen LogP contribution in [-0.4, -0.2) is 30.0 Å². The zero-order chi connectivity index (χ0) is 14.4. The number of aryl methyl sites for hydroxylation is 2. The topological polar surface area (TPSA) is 39.1 Å². The molecule has 0 aliphatic rings. The molecule has 0 atom stereocenters. The molecule has 0 radical (unpaired) electrons. The van der Waals surface area contributed by atoms with Crippen LogP contribution in [0.15, 0.2) is 40.4 Å². The van der Waals surface area contributed by atoms with Gasteiger partial charge in [0.05, 0.1) is 17.7 Å². The smallest absolute Gasteiger partial charge is 0.0629 e. The summed E-state index contributed by atoms with van der Waals surface area (Å²) in [5.41, 5.74) is 2.60. The van der Waals surface area contributed by atoms with Crippen molar-refractivity contribution in [3.63, 3.8) is 0 Å². The summed E-state index contributed by atoms with van der Waals surface area (Å²) in [6, 6.07) is 6.59. The van der Waals surface area contributed by atoms with Gasteiger partial charge in [-0.3, -0.25) is 4.68 Å². The van der Waals surface area contributed by atoms with Gasteiger partial charge in [0.2, 0.25) is 0 Å². The minimum Gasteiger partial charge on any atom is -0.383 e. The van der Waals surface area contributed by atoms with Gasteiger partial charge < -0.3 is 10.1 Å². The van der Waals surface area contributed by atoms with Gasteiger partial charge in [0.25, 0.3) is 0 Å². The van der Waals surface area contributed by atoms with E-state index >= 15 is 0 Å². The minimum atomic E-state index is 0.744. The fraction of sp³-hybridized carbons (Fsp3) is 0.400. The van der Waals surface area contributed by atoms with Crippen LogP contribution in [0.4, 0.5) is 0 Å². The van der Waals surface area contributed by atoms with Crippen LogP contribution in [0.2, 0.25) is 0 Å². The van der Waals surface area contributed by atoms with Crippen LogP contribution in [-0.2, 0) is 18.3 Å². The monoisotopic (exact) mass is 291 g/mol. The van der Waals surface area contributed by atoms with Crippen LogP contribution >= 0.6 is 11.8 Å². The average Bonchev–Trinajstić information content (AvgIpc) is 2.83. The summed E-state index contributed by atoms with van der Waals surface area (Å²) >= 11 is 1.75. The highest BCUT2D eigenvalue weighted by atomic mass is 32.2. The lowest BCUT2D eigenvalue weighted by Gasteiger charge is -2.08. The highest BCUT2D eigenvalue weighted by Gasteiger charge is 2.04. The van der Waals surface area contributed by atoms with Gasteiger partial charge in [-0.15, -0.1) is 0 Å². The molecule has 5 heteroatoms. The lowest BCUT2D eigenvalue weighted by Crippen LogP contribution is -2.18. The number of ether oxygens (including phenoxy) is 1. The first-order chi connectivity index (χ1) is 9.69. The Morgan fingerprint density at radius 1 is 1.40 bits per heavy atom. The van der Waals surface area contributed by atoms with E-state index in [2.05, 4.69) is 35.5 Å². The molecule has 2 aromatic rings. The Bertz CT molecular complexity index is 554. The third kappa shape index (κ3) is 4.37. The van der Waals surface area contributed by atoms with E-state index in [0.29, 0.717) is 0 Å². The Kier molecular flexibility index (Phi) is 5.64. The van der Waals surface area contributed by atoms with Crippen molar-refractivity contribution in [2.75, 3.05) is 20.3 Å². The van der Waals surface area contributed by atoms with Crippen LogP contribution in [0, 0.1) is 6.92 Å². The molecule has 4 nitrogen and oxygen atoms in total. The first-order valence-corrected chi connectivity index (χ1v) is 7.46. The van der Waals surface area contributed by atoms with Crippen molar-refractivity contribution >= 4 is 11.8 Å². The van der Waals surface area contributed by atoms with Gasteiger partial charge in [-0.25, -0.2) is 0 Å². The molecule has 1 aromatic heterocycles. The molecule has 20 heavy (non-hydrogen) atoms. The first kappa shape index (κ1) is 15.1. The summed E-state index contributed by atoms with van der Waals surface area (Å²) in [6.45, 7) is 4.65. The predicted octanol–water partition coefficient (Wildman–Crippen LogP) is 2.62. The molecule has 0 bridgehead atoms. The van der Waals surface area contributed by atoms with Crippen LogP contribution in [0.1, 0.15) is 11.1 Å². The normalized spacial score (nSPS) is 10.9. The third-order valence-corrected chi connectivity index (χ3v) is 4.08. The molecule has 0 saturated carbocycles. The van der Waals surface area contributed by atoms with Crippen LogP contribution in [0.3, 0.4) is 0 Å². The number of benzene rings is 1. The van der Waals surface area contributed by atoms with Gasteiger partial charge in [-0.05, 0) is 24.1 Å². The lowest BCUT2D eigenvalue weighted by molar-refractivity contribution is 0.199. The number of hydrogen-bond donors (Lipinski definition) is 1. The molecule has 108 valence electrons. The van der Waals surface area contributed by atoms with E-state index in [1.165, 1.54) is 20.9 Å². The second-order valence-corrected chi connectivity index (χ2v) is 5.84. The quantitative estimate of drug-likeness (QED) is 0.796. The SMILES string of the molecule is COCCNCc1ccc(Sc2cnn(C)c2)c(C)c1. The molecule has 0 spiro atoms. The summed E-state index contributed by atoms with van der Waals surface area (Å²) in [4.78, 5) is 2.44. The summed E-state index contributed by atoms with van der Waals surface area (Å²) in [5.74, 6) is 0. The predicted molar refractivity (Wildman–Crippen MR) is 82.1 cm³/mol. The minimum absolute atomic E-state index is 0.744. The summed E-state index contributed by atoms with van der Waals surface area (Å²) in [6.07, 6.45) is 3.93. The number of nitrogens with zero attached hydrogens (tertiary/aromatic N) is 2. The maximum Gasteiger partial charge on any atom is 0.0629 e. The van der Waals surface area contributed by atoms with Crippen molar-refractivity contribution in [1.29, 1.82) is 0 Å². The molecule has 0 aliphatic heterocycles. The molecule has 2 rings (SSSR count). The fourth-order valence-electron chi connectivity index (χ4n) is 1.92. The Morgan fingerprint density at radius 3 is 2.90 bits per heavy atom. The fourth-order valence-corrected chi connectivity index (χ4v) is 2.84. The van der Waals surface area contributed by atoms with Crippen molar-refractivity contribution in [2.24, 2.45) is 7.05 Å². The van der Waals surface area contributed by atoms with Gasteiger partial charge in [-0.1, -0.05) is 23.9 Å². The van der Waals surface area contributed by atoms with E-state index in [-0.39, 0.29) is 0 Å². The van der Waals surface area contributed by atoms with Gasteiger partial charge in [0.1, 0.15) is 0 Å². The van der Waals surface area contributed by atoms with Gasteiger partial charge >= 0.3 is 0 Å². The molecule has 0 unspecified atom stereocenters. The molecule has 0 fully saturated rings. The van der Waals surface area contributed by atoms with Crippen molar-refractivity contribution in [3.8, 4) is 0 Å². The van der Waals surface area contributed by atoms with Crippen molar-refractivity contribution in [2.45, 2.75) is 23.3 Å². The standard InChI is InChI=1S/C15H21N3OS/c1-12-8-13(9-16-6-7-19-3)4-5-15(12)20-14-10-17-18(2)11-14/h4-5,8,10-11,16H,6-7,9H2,1-3H3. The van der Waals surface area contributed by atoms with E-state index in [9.17, 15) is 0 Å². The maximum atomic E-state index is 5.02. The zero-order valence-electron chi connectivity index (χ0n) is 12.2. The zero-order valence-corrected chi connectivity index (χ0v) is 13.0. The van der Waals surface area contributed by atoms with Crippen molar-refractivity contribution in [1.82, 2.24) is 15.1 Å². The summed E-state index contributed by atoms with van der Waals surface area (Å²) in [7, 11) is 3.65. The maximum absolute atomic E-state index is 5.02. The van der Waals surface area contributed by atoms with E-state index in [0.717, 1.165) is 19.7 Å². The highest BCUT2D eigenvalue weighted by Crippen LogP contribution is 2.30. The van der Waals surface area contributed by atoms with Crippen LogP contribution < -0.4 is 5.32 Å². The number of methoxy groups -OCH3 is 1. The Labute approximate surface area is 124 Å². The summed E-state index contributed by atoms with van der Waals surface area (Å²) in [5, 5.41) is 7.55. The van der Waals surface area contributed by atoms with Gasteiger partial charge in [-0.2, -0.15) is 5.10 Å². The second kappa shape index (κ2) is 7.47. The Hall–Kier alpha value is -1.30. The Morgan fingerprint density at radius 2 is 2.25 bits per heavy atom. The summed E-state index contributed by atoms with van der Waals surface area (Å²) < 4.78 is 6.84. The van der Waals surface area contributed by atoms with E-state index in [1.807, 2.05) is 24.1 Å². The number of nitrogens with one attached hydrogen (secondary N) is 1. The second-order valence-electron chi connectivity index (χ2n) is 4.72. The van der Waals surface area contributed by atoms with E-state index in [4.69, 9.17) is 4.74 Å². The highest BCUT2D eigenvalue weighted by molar-refractivity contribution is 7.99. The third-order valence-electron chi connectivity index (χ3n) is 2.96. The average molecular weight is 291 g/mol. The number of hydrogen-bond acceptors (Lipinski definition) is 4. The molecular weight excluding hydrogens is 270 g/mol. The van der Waals surface area contributed by atoms with Crippen LogP contribution in [0.25, 0.3) is 0 Å². The lowest BCUT2D eigenvalue weighted by atomic mass is 10.1. The Balaban J connectivity index is 1.95. The van der Waals surface area contributed by atoms with E-state index < -0.39 is 0 Å². The molecule has 0 amide bonds. The molecule has 0 saturated heterocycles. The molecule has 0 aliphatic carbocycles. The van der Waals surface area contributed by atoms with E-state index in [1.54, 1.807) is 18.9 Å². The van der Waals surface area contributed by atoms with Gasteiger partial charge in [0.15, 0.2) is 0 Å². The molecule has 1 N–H and O–H groups in total. The van der Waals surface area contributed by atoms with Gasteiger partial charge in [0, 0.05) is 38.3 Å². The van der Waals surface area contributed by atoms with Crippen molar-refractivity contribution < 1.29 is 4.74 Å². The van der Waals surface area contributed by atoms with Crippen LogP contribution in [0.5, 0.6) is 0 Å². The molecule has 1 heterocycles. The molecular formula is C15H21N3OS. The number of aromatic nitrogens is 2.